The topological polar surface area (TPSA) is 51.5 Å². The van der Waals surface area contributed by atoms with Crippen molar-refractivity contribution in [2.45, 2.75) is 11.5 Å². The third kappa shape index (κ3) is 6.11. The molecule has 0 saturated carbocycles. The number of hydrogen-bond donors (Lipinski definition) is 1. The van der Waals surface area contributed by atoms with Gasteiger partial charge in [-0.1, -0.05) is 29.4 Å². The van der Waals surface area contributed by atoms with Crippen molar-refractivity contribution in [2.24, 2.45) is 0 Å². The molecule has 23 heavy (non-hydrogen) atoms. The summed E-state index contributed by atoms with van der Waals surface area (Å²) in [5.74, 6) is -1.86. The van der Waals surface area contributed by atoms with Gasteiger partial charge in [0.1, 0.15) is 18.1 Å². The second-order valence-corrected chi connectivity index (χ2v) is 5.81. The van der Waals surface area contributed by atoms with Crippen LogP contribution in [0.2, 0.25) is 5.02 Å². The van der Waals surface area contributed by atoms with E-state index >= 15 is 0 Å². The third-order valence-corrected chi connectivity index (χ3v) is 3.63. The fraction of sp³-hybridized carbons (Fsp3) is 0.267. The van der Waals surface area contributed by atoms with Crippen LogP contribution in [0.5, 0.6) is 5.75 Å². The molecule has 124 valence electrons. The zero-order valence-corrected chi connectivity index (χ0v) is 13.5. The number of halogens is 3. The molecule has 0 aliphatic carbocycles. The highest BCUT2D eigenvalue weighted by Gasteiger charge is 2.12. The Bertz CT molecular complexity index is 651. The molecule has 0 atom stereocenters. The fourth-order valence-corrected chi connectivity index (χ4v) is 2.33. The molecule has 0 spiro atoms. The van der Waals surface area contributed by atoms with Crippen molar-refractivity contribution in [1.29, 1.82) is 0 Å². The lowest BCUT2D eigenvalue weighted by Crippen LogP contribution is -2.27. The second-order valence-electron chi connectivity index (χ2n) is 4.40. The average molecular weight is 362 g/mol. The van der Waals surface area contributed by atoms with Gasteiger partial charge in [0.25, 0.3) is 11.7 Å². The van der Waals surface area contributed by atoms with Crippen LogP contribution in [-0.2, 0) is 5.75 Å². The molecule has 0 fully saturated rings. The molecule has 0 radical (unpaired) electrons. The number of ether oxygens (including phenoxy) is 1. The largest absolute Gasteiger partial charge is 0.492 e. The van der Waals surface area contributed by atoms with Crippen LogP contribution in [0.15, 0.2) is 40.8 Å². The van der Waals surface area contributed by atoms with Crippen LogP contribution in [0, 0.1) is 0 Å². The zero-order chi connectivity index (χ0) is 16.7. The normalized spacial score (nSPS) is 10.8. The van der Waals surface area contributed by atoms with Gasteiger partial charge < -0.3 is 14.5 Å². The summed E-state index contributed by atoms with van der Waals surface area (Å²) in [7, 11) is 0. The maximum Gasteiger partial charge on any atom is 0.287 e. The van der Waals surface area contributed by atoms with Crippen molar-refractivity contribution in [2.75, 3.05) is 13.2 Å². The Kier molecular flexibility index (Phi) is 6.73. The van der Waals surface area contributed by atoms with Gasteiger partial charge in [-0.2, -0.15) is 8.78 Å². The number of benzene rings is 1. The predicted octanol–water partition coefficient (Wildman–Crippen LogP) is 4.20. The summed E-state index contributed by atoms with van der Waals surface area (Å²) in [5, 5.41) is 3.18. The van der Waals surface area contributed by atoms with Crippen molar-refractivity contribution in [3.63, 3.8) is 0 Å². The SMILES string of the molecule is O=C(NCCOc1cccc(Cl)c1)c1ccc(CSC(F)F)o1. The van der Waals surface area contributed by atoms with Crippen LogP contribution in [-0.4, -0.2) is 24.8 Å². The van der Waals surface area contributed by atoms with Crippen molar-refractivity contribution >= 4 is 29.3 Å². The molecule has 1 amide bonds. The average Bonchev–Trinajstić information content (AvgIpc) is 2.98. The van der Waals surface area contributed by atoms with Crippen LogP contribution in [0.25, 0.3) is 0 Å². The third-order valence-electron chi connectivity index (χ3n) is 2.69. The monoisotopic (exact) mass is 361 g/mol. The number of thioether (sulfide) groups is 1. The Labute approximate surface area is 141 Å². The van der Waals surface area contributed by atoms with E-state index < -0.39 is 11.7 Å². The number of carbonyl (C=O) groups is 1. The molecule has 8 heteroatoms. The van der Waals surface area contributed by atoms with E-state index in [1.165, 1.54) is 12.1 Å². The first-order valence-corrected chi connectivity index (χ1v) is 8.12. The Balaban J connectivity index is 1.72. The van der Waals surface area contributed by atoms with Crippen molar-refractivity contribution in [3.8, 4) is 5.75 Å². The summed E-state index contributed by atoms with van der Waals surface area (Å²) < 4.78 is 34.8. The van der Waals surface area contributed by atoms with Crippen LogP contribution < -0.4 is 10.1 Å². The van der Waals surface area contributed by atoms with Gasteiger partial charge in [-0.25, -0.2) is 0 Å². The summed E-state index contributed by atoms with van der Waals surface area (Å²) in [6.07, 6.45) is 0. The molecular formula is C15H14ClF2NO3S. The molecule has 0 aliphatic rings. The lowest BCUT2D eigenvalue weighted by molar-refractivity contribution is 0.0918. The van der Waals surface area contributed by atoms with Crippen LogP contribution in [0.3, 0.4) is 0 Å². The number of rotatable bonds is 8. The summed E-state index contributed by atoms with van der Waals surface area (Å²) >= 11 is 6.26. The quantitative estimate of drug-likeness (QED) is 0.716. The zero-order valence-electron chi connectivity index (χ0n) is 11.9. The van der Waals surface area contributed by atoms with Gasteiger partial charge in [0.05, 0.1) is 12.3 Å². The minimum atomic E-state index is -2.47. The van der Waals surface area contributed by atoms with Gasteiger partial charge in [-0.15, -0.1) is 0 Å². The highest BCUT2D eigenvalue weighted by molar-refractivity contribution is 7.98. The summed E-state index contributed by atoms with van der Waals surface area (Å²) in [4.78, 5) is 11.8. The molecule has 0 unspecified atom stereocenters. The summed E-state index contributed by atoms with van der Waals surface area (Å²) in [6.45, 7) is 0.536. The first-order chi connectivity index (χ1) is 11.0. The first-order valence-electron chi connectivity index (χ1n) is 6.69. The number of hydrogen-bond acceptors (Lipinski definition) is 4. The predicted molar refractivity (Wildman–Crippen MR) is 85.3 cm³/mol. The van der Waals surface area contributed by atoms with E-state index in [1.54, 1.807) is 24.3 Å². The smallest absolute Gasteiger partial charge is 0.287 e. The molecule has 0 saturated heterocycles. The lowest BCUT2D eigenvalue weighted by Gasteiger charge is -2.07. The molecule has 1 heterocycles. The molecule has 0 bridgehead atoms. The molecule has 1 aromatic carbocycles. The number of amides is 1. The van der Waals surface area contributed by atoms with Crippen LogP contribution in [0.4, 0.5) is 8.78 Å². The second kappa shape index (κ2) is 8.79. The van der Waals surface area contributed by atoms with E-state index in [0.29, 0.717) is 28.3 Å². The fourth-order valence-electron chi connectivity index (χ4n) is 1.70. The van der Waals surface area contributed by atoms with E-state index in [2.05, 4.69) is 5.32 Å². The van der Waals surface area contributed by atoms with Gasteiger partial charge >= 0.3 is 0 Å². The highest BCUT2D eigenvalue weighted by atomic mass is 35.5. The van der Waals surface area contributed by atoms with Gasteiger partial charge in [0, 0.05) is 5.02 Å². The minimum absolute atomic E-state index is 0.0167. The Morgan fingerprint density at radius 2 is 2.17 bits per heavy atom. The van der Waals surface area contributed by atoms with Gasteiger partial charge in [-0.05, 0) is 30.3 Å². The Morgan fingerprint density at radius 3 is 2.91 bits per heavy atom. The van der Waals surface area contributed by atoms with E-state index in [4.69, 9.17) is 20.8 Å². The summed E-state index contributed by atoms with van der Waals surface area (Å²) in [6, 6.07) is 9.88. The molecule has 1 aromatic heterocycles. The molecule has 0 aliphatic heterocycles. The van der Waals surface area contributed by atoms with Crippen LogP contribution in [0.1, 0.15) is 16.3 Å². The van der Waals surface area contributed by atoms with Gasteiger partial charge in [0.2, 0.25) is 0 Å². The van der Waals surface area contributed by atoms with Gasteiger partial charge in [0.15, 0.2) is 5.76 Å². The number of furan rings is 1. The van der Waals surface area contributed by atoms with Gasteiger partial charge in [-0.3, -0.25) is 4.79 Å². The van der Waals surface area contributed by atoms with E-state index in [9.17, 15) is 13.6 Å². The maximum absolute atomic E-state index is 12.1. The summed E-state index contributed by atoms with van der Waals surface area (Å²) in [5.41, 5.74) is 0. The number of alkyl halides is 2. The van der Waals surface area contributed by atoms with Crippen molar-refractivity contribution in [1.82, 2.24) is 5.32 Å². The maximum atomic E-state index is 12.1. The molecule has 2 aromatic rings. The molecular weight excluding hydrogens is 348 g/mol. The standard InChI is InChI=1S/C15H14ClF2NO3S/c16-10-2-1-3-11(8-10)21-7-6-19-14(20)13-5-4-12(22-13)9-23-15(17)18/h1-5,8,15H,6-7,9H2,(H,19,20). The molecule has 2 rings (SSSR count). The number of nitrogens with one attached hydrogen (secondary N) is 1. The van der Waals surface area contributed by atoms with E-state index in [-0.39, 0.29) is 24.7 Å². The Hall–Kier alpha value is -1.73. The van der Waals surface area contributed by atoms with E-state index in [1.807, 2.05) is 0 Å². The Morgan fingerprint density at radius 1 is 1.35 bits per heavy atom. The molecule has 4 nitrogen and oxygen atoms in total. The number of carbonyl (C=O) groups excluding carboxylic acids is 1. The van der Waals surface area contributed by atoms with Crippen molar-refractivity contribution in [3.05, 3.63) is 52.9 Å². The first kappa shape index (κ1) is 17.6. The lowest BCUT2D eigenvalue weighted by atomic mass is 10.3. The minimum Gasteiger partial charge on any atom is -0.492 e. The molecule has 1 N–H and O–H groups in total. The van der Waals surface area contributed by atoms with Crippen molar-refractivity contribution < 1.29 is 22.7 Å². The van der Waals surface area contributed by atoms with E-state index in [0.717, 1.165) is 0 Å². The van der Waals surface area contributed by atoms with Crippen LogP contribution >= 0.6 is 23.4 Å². The highest BCUT2D eigenvalue weighted by Crippen LogP contribution is 2.21.